The van der Waals surface area contributed by atoms with Crippen LogP contribution in [0.4, 0.5) is 4.39 Å². The van der Waals surface area contributed by atoms with E-state index in [2.05, 4.69) is 10.1 Å². The number of rotatable bonds is 5. The van der Waals surface area contributed by atoms with Gasteiger partial charge in [-0.3, -0.25) is 4.79 Å². The van der Waals surface area contributed by atoms with Gasteiger partial charge in [0, 0.05) is 6.42 Å². The lowest BCUT2D eigenvalue weighted by molar-refractivity contribution is -0.149. The number of halogens is 1. The molecule has 1 aromatic carbocycles. The zero-order chi connectivity index (χ0) is 15.5. The molecule has 0 bridgehead atoms. The van der Waals surface area contributed by atoms with Crippen LogP contribution >= 0.6 is 0 Å². The fourth-order valence-electron chi connectivity index (χ4n) is 1.76. The van der Waals surface area contributed by atoms with Crippen molar-refractivity contribution >= 4 is 5.97 Å². The van der Waals surface area contributed by atoms with Crippen LogP contribution < -0.4 is 0 Å². The van der Waals surface area contributed by atoms with Crippen LogP contribution in [-0.4, -0.2) is 22.7 Å². The Morgan fingerprint density at radius 2 is 2.00 bits per heavy atom. The van der Waals surface area contributed by atoms with Gasteiger partial charge in [-0.1, -0.05) is 17.3 Å². The van der Waals surface area contributed by atoms with E-state index in [1.807, 2.05) is 0 Å². The van der Waals surface area contributed by atoms with E-state index in [0.29, 0.717) is 18.9 Å². The molecule has 0 radical (unpaired) electrons. The van der Waals surface area contributed by atoms with Crippen molar-refractivity contribution in [2.45, 2.75) is 32.6 Å². The fraction of sp³-hybridized carbons (Fsp3) is 0.400. The average molecular weight is 292 g/mol. The van der Waals surface area contributed by atoms with Gasteiger partial charge in [-0.15, -0.1) is 0 Å². The molecule has 0 N–H and O–H groups in total. The SMILES string of the molecule is CCOC(=O)C(C)(C)c1nc(Cc2ccc(F)cc2)no1. The van der Waals surface area contributed by atoms with Crippen LogP contribution in [0.25, 0.3) is 0 Å². The van der Waals surface area contributed by atoms with E-state index in [0.717, 1.165) is 5.56 Å². The van der Waals surface area contributed by atoms with Crippen molar-refractivity contribution < 1.29 is 18.4 Å². The van der Waals surface area contributed by atoms with Crippen molar-refractivity contribution in [3.05, 3.63) is 47.4 Å². The van der Waals surface area contributed by atoms with Gasteiger partial charge in [-0.05, 0) is 38.5 Å². The lowest BCUT2D eigenvalue weighted by atomic mass is 9.94. The molecule has 21 heavy (non-hydrogen) atoms. The number of nitrogens with zero attached hydrogens (tertiary/aromatic N) is 2. The van der Waals surface area contributed by atoms with Crippen LogP contribution in [0.2, 0.25) is 0 Å². The Balaban J connectivity index is 2.14. The van der Waals surface area contributed by atoms with Gasteiger partial charge < -0.3 is 9.26 Å². The number of hydrogen-bond donors (Lipinski definition) is 0. The lowest BCUT2D eigenvalue weighted by Crippen LogP contribution is -2.31. The van der Waals surface area contributed by atoms with Crippen molar-refractivity contribution in [1.29, 1.82) is 0 Å². The predicted molar refractivity (Wildman–Crippen MR) is 73.2 cm³/mol. The van der Waals surface area contributed by atoms with Crippen molar-refractivity contribution in [3.63, 3.8) is 0 Å². The largest absolute Gasteiger partial charge is 0.465 e. The quantitative estimate of drug-likeness (QED) is 0.793. The molecule has 0 amide bonds. The summed E-state index contributed by atoms with van der Waals surface area (Å²) in [5, 5.41) is 3.86. The van der Waals surface area contributed by atoms with E-state index in [9.17, 15) is 9.18 Å². The second-order valence-corrected chi connectivity index (χ2v) is 5.16. The first kappa shape index (κ1) is 15.2. The molecule has 0 saturated heterocycles. The number of aromatic nitrogens is 2. The first-order valence-electron chi connectivity index (χ1n) is 6.68. The number of carbonyl (C=O) groups excluding carboxylic acids is 1. The second-order valence-electron chi connectivity index (χ2n) is 5.16. The number of hydrogen-bond acceptors (Lipinski definition) is 5. The summed E-state index contributed by atoms with van der Waals surface area (Å²) in [5.74, 6) is -0.0648. The molecule has 0 fully saturated rings. The third-order valence-electron chi connectivity index (χ3n) is 3.06. The van der Waals surface area contributed by atoms with Crippen LogP contribution in [0.1, 0.15) is 38.0 Å². The van der Waals surface area contributed by atoms with Gasteiger partial charge in [0.15, 0.2) is 5.82 Å². The summed E-state index contributed by atoms with van der Waals surface area (Å²) >= 11 is 0. The van der Waals surface area contributed by atoms with Gasteiger partial charge in [0.1, 0.15) is 11.2 Å². The predicted octanol–water partition coefficient (Wildman–Crippen LogP) is 2.64. The summed E-state index contributed by atoms with van der Waals surface area (Å²) in [6.07, 6.45) is 0.405. The lowest BCUT2D eigenvalue weighted by Gasteiger charge is -2.16. The van der Waals surface area contributed by atoms with E-state index in [1.165, 1.54) is 12.1 Å². The second kappa shape index (κ2) is 6.03. The van der Waals surface area contributed by atoms with Crippen LogP contribution in [0.3, 0.4) is 0 Å². The summed E-state index contributed by atoms with van der Waals surface area (Å²) in [6, 6.07) is 6.06. The molecule has 5 nitrogen and oxygen atoms in total. The highest BCUT2D eigenvalue weighted by Gasteiger charge is 2.37. The van der Waals surface area contributed by atoms with E-state index in [4.69, 9.17) is 9.26 Å². The first-order chi connectivity index (χ1) is 9.93. The molecule has 0 spiro atoms. The van der Waals surface area contributed by atoms with Crippen molar-refractivity contribution in [1.82, 2.24) is 10.1 Å². The Bertz CT molecular complexity index is 620. The number of carbonyl (C=O) groups is 1. The van der Waals surface area contributed by atoms with Crippen molar-refractivity contribution in [3.8, 4) is 0 Å². The van der Waals surface area contributed by atoms with Gasteiger partial charge in [0.25, 0.3) is 0 Å². The van der Waals surface area contributed by atoms with Gasteiger partial charge in [0.05, 0.1) is 6.61 Å². The van der Waals surface area contributed by atoms with E-state index in [-0.39, 0.29) is 11.7 Å². The minimum atomic E-state index is -0.996. The first-order valence-corrected chi connectivity index (χ1v) is 6.68. The van der Waals surface area contributed by atoms with E-state index < -0.39 is 11.4 Å². The molecular formula is C15H17FN2O3. The number of ether oxygens (including phenoxy) is 1. The van der Waals surface area contributed by atoms with Gasteiger partial charge >= 0.3 is 5.97 Å². The number of esters is 1. The molecule has 0 atom stereocenters. The van der Waals surface area contributed by atoms with Crippen molar-refractivity contribution in [2.24, 2.45) is 0 Å². The van der Waals surface area contributed by atoms with Crippen molar-refractivity contribution in [2.75, 3.05) is 6.61 Å². The fourth-order valence-corrected chi connectivity index (χ4v) is 1.76. The average Bonchev–Trinajstić information content (AvgIpc) is 2.91. The Hall–Kier alpha value is -2.24. The number of benzene rings is 1. The van der Waals surface area contributed by atoms with Crippen LogP contribution in [0, 0.1) is 5.82 Å². The summed E-state index contributed by atoms with van der Waals surface area (Å²) in [7, 11) is 0. The zero-order valence-electron chi connectivity index (χ0n) is 12.2. The summed E-state index contributed by atoms with van der Waals surface area (Å²) < 4.78 is 23.0. The topological polar surface area (TPSA) is 65.2 Å². The van der Waals surface area contributed by atoms with Crippen LogP contribution in [0.15, 0.2) is 28.8 Å². The molecule has 0 saturated carbocycles. The molecule has 1 aromatic heterocycles. The Kier molecular flexibility index (Phi) is 4.35. The zero-order valence-corrected chi connectivity index (χ0v) is 12.2. The molecule has 2 rings (SSSR count). The minimum absolute atomic E-state index is 0.207. The maximum atomic E-state index is 12.8. The summed E-state index contributed by atoms with van der Waals surface area (Å²) in [6.45, 7) is 5.36. The van der Waals surface area contributed by atoms with Gasteiger partial charge in [-0.25, -0.2) is 4.39 Å². The van der Waals surface area contributed by atoms with Crippen LogP contribution in [-0.2, 0) is 21.4 Å². The smallest absolute Gasteiger partial charge is 0.321 e. The standard InChI is InChI=1S/C15H17FN2O3/c1-4-20-14(19)15(2,3)13-17-12(18-21-13)9-10-5-7-11(16)8-6-10/h5-8H,4,9H2,1-3H3. The highest BCUT2D eigenvalue weighted by molar-refractivity contribution is 5.80. The molecule has 1 heterocycles. The van der Waals surface area contributed by atoms with Gasteiger partial charge in [0.2, 0.25) is 5.89 Å². The maximum absolute atomic E-state index is 12.8. The molecule has 0 aliphatic carbocycles. The molecule has 0 aliphatic heterocycles. The van der Waals surface area contributed by atoms with Crippen LogP contribution in [0.5, 0.6) is 0 Å². The normalized spacial score (nSPS) is 11.4. The van der Waals surface area contributed by atoms with Gasteiger partial charge in [-0.2, -0.15) is 4.98 Å². The Morgan fingerprint density at radius 3 is 2.62 bits per heavy atom. The van der Waals surface area contributed by atoms with E-state index in [1.54, 1.807) is 32.9 Å². The highest BCUT2D eigenvalue weighted by Crippen LogP contribution is 2.23. The molecular weight excluding hydrogens is 275 g/mol. The summed E-state index contributed by atoms with van der Waals surface area (Å²) in [5.41, 5.74) is -0.137. The minimum Gasteiger partial charge on any atom is -0.465 e. The Labute approximate surface area is 122 Å². The molecule has 2 aromatic rings. The molecule has 0 unspecified atom stereocenters. The highest BCUT2D eigenvalue weighted by atomic mass is 19.1. The molecule has 0 aliphatic rings. The third-order valence-corrected chi connectivity index (χ3v) is 3.06. The maximum Gasteiger partial charge on any atom is 0.321 e. The summed E-state index contributed by atoms with van der Waals surface area (Å²) in [4.78, 5) is 16.1. The third kappa shape index (κ3) is 3.45. The molecule has 6 heteroatoms. The molecule has 112 valence electrons. The van der Waals surface area contributed by atoms with E-state index >= 15 is 0 Å². The Morgan fingerprint density at radius 1 is 1.33 bits per heavy atom. The monoisotopic (exact) mass is 292 g/mol.